The van der Waals surface area contributed by atoms with Gasteiger partial charge in [0.2, 0.25) is 0 Å². The number of ether oxygens (including phenoxy) is 4. The highest BCUT2D eigenvalue weighted by Gasteiger charge is 2.68. The predicted octanol–water partition coefficient (Wildman–Crippen LogP) is 1.25. The highest BCUT2D eigenvalue weighted by molar-refractivity contribution is 6.14. The third-order valence-electron chi connectivity index (χ3n) is 3.73. The van der Waals surface area contributed by atoms with Crippen LogP contribution >= 0.6 is 0 Å². The van der Waals surface area contributed by atoms with Gasteiger partial charge >= 0.3 is 23.9 Å². The smallest absolute Gasteiger partial charge is 0.325 e. The van der Waals surface area contributed by atoms with Gasteiger partial charge in [-0.1, -0.05) is 0 Å². The molecule has 0 aliphatic rings. The van der Waals surface area contributed by atoms with Crippen molar-refractivity contribution in [3.8, 4) is 0 Å². The molecule has 0 amide bonds. The van der Waals surface area contributed by atoms with Gasteiger partial charge in [0.15, 0.2) is 10.8 Å². The van der Waals surface area contributed by atoms with Crippen molar-refractivity contribution in [1.82, 2.24) is 0 Å². The lowest BCUT2D eigenvalue weighted by molar-refractivity contribution is -0.199. The second kappa shape index (κ2) is 9.24. The first-order valence-corrected chi connectivity index (χ1v) is 7.87. The van der Waals surface area contributed by atoms with Crippen LogP contribution in [-0.4, -0.2) is 50.3 Å². The Morgan fingerprint density at radius 1 is 0.542 bits per heavy atom. The van der Waals surface area contributed by atoms with Crippen molar-refractivity contribution in [3.05, 3.63) is 0 Å². The van der Waals surface area contributed by atoms with Gasteiger partial charge in [0.25, 0.3) is 0 Å². The van der Waals surface area contributed by atoms with E-state index in [1.165, 1.54) is 27.7 Å². The zero-order valence-electron chi connectivity index (χ0n) is 15.1. The molecule has 0 aromatic carbocycles. The first-order chi connectivity index (χ1) is 11.2. The topological polar surface area (TPSA) is 105 Å². The van der Waals surface area contributed by atoms with Crippen LogP contribution in [0.1, 0.15) is 41.5 Å². The summed E-state index contributed by atoms with van der Waals surface area (Å²) in [6.07, 6.45) is 0. The molecule has 0 aliphatic heterocycles. The van der Waals surface area contributed by atoms with Gasteiger partial charge in [0.05, 0.1) is 26.4 Å². The molecule has 0 fully saturated rings. The van der Waals surface area contributed by atoms with E-state index in [1.54, 1.807) is 0 Å². The van der Waals surface area contributed by atoms with E-state index >= 15 is 0 Å². The Bertz CT molecular complexity index is 402. The molecule has 24 heavy (non-hydrogen) atoms. The van der Waals surface area contributed by atoms with E-state index in [-0.39, 0.29) is 26.4 Å². The molecule has 0 bridgehead atoms. The number of hydrogen-bond acceptors (Lipinski definition) is 8. The van der Waals surface area contributed by atoms with E-state index in [1.807, 2.05) is 0 Å². The molecule has 0 saturated carbocycles. The predicted molar refractivity (Wildman–Crippen MR) is 82.7 cm³/mol. The van der Waals surface area contributed by atoms with Gasteiger partial charge in [-0.3, -0.25) is 19.2 Å². The number of rotatable bonds is 9. The Balaban J connectivity index is 6.35. The van der Waals surface area contributed by atoms with Crippen LogP contribution in [0.3, 0.4) is 0 Å². The zero-order valence-corrected chi connectivity index (χ0v) is 15.1. The van der Waals surface area contributed by atoms with Crippen LogP contribution in [-0.2, 0) is 38.1 Å². The molecule has 0 aromatic heterocycles. The summed E-state index contributed by atoms with van der Waals surface area (Å²) in [4.78, 5) is 50.0. The van der Waals surface area contributed by atoms with Crippen molar-refractivity contribution >= 4 is 23.9 Å². The quantitative estimate of drug-likeness (QED) is 0.349. The number of carbonyl (C=O) groups is 4. The number of esters is 4. The molecule has 0 unspecified atom stereocenters. The Hall–Kier alpha value is -2.12. The monoisotopic (exact) mass is 346 g/mol. The van der Waals surface area contributed by atoms with Crippen molar-refractivity contribution in [2.45, 2.75) is 41.5 Å². The molecule has 0 radical (unpaired) electrons. The van der Waals surface area contributed by atoms with Gasteiger partial charge < -0.3 is 18.9 Å². The maximum atomic E-state index is 12.5. The maximum absolute atomic E-state index is 12.5. The summed E-state index contributed by atoms with van der Waals surface area (Å²) in [5.41, 5.74) is -4.50. The normalized spacial score (nSPS) is 11.4. The van der Waals surface area contributed by atoms with Gasteiger partial charge in [-0.25, -0.2) is 0 Å². The molecular weight excluding hydrogens is 320 g/mol. The molecule has 0 aromatic rings. The van der Waals surface area contributed by atoms with Gasteiger partial charge in [0.1, 0.15) is 0 Å². The van der Waals surface area contributed by atoms with Gasteiger partial charge in [-0.05, 0) is 41.5 Å². The highest BCUT2D eigenvalue weighted by atomic mass is 16.6. The summed E-state index contributed by atoms with van der Waals surface area (Å²) >= 11 is 0. The van der Waals surface area contributed by atoms with E-state index in [0.29, 0.717) is 0 Å². The largest absolute Gasteiger partial charge is 0.465 e. The Kier molecular flexibility index (Phi) is 8.43. The van der Waals surface area contributed by atoms with Crippen LogP contribution in [0, 0.1) is 10.8 Å². The fourth-order valence-corrected chi connectivity index (χ4v) is 2.08. The van der Waals surface area contributed by atoms with Crippen molar-refractivity contribution in [2.24, 2.45) is 10.8 Å². The van der Waals surface area contributed by atoms with Crippen LogP contribution < -0.4 is 0 Å². The standard InChI is InChI=1S/C16H26O8/c1-7-21-11(17)15(5,12(18)22-8-2)16(6,13(19)23-9-3)14(20)24-10-4/h7-10H2,1-6H3. The van der Waals surface area contributed by atoms with Gasteiger partial charge in [-0.15, -0.1) is 0 Å². The van der Waals surface area contributed by atoms with Gasteiger partial charge in [-0.2, -0.15) is 0 Å². The van der Waals surface area contributed by atoms with E-state index < -0.39 is 34.7 Å². The van der Waals surface area contributed by atoms with Crippen LogP contribution in [0.2, 0.25) is 0 Å². The first-order valence-electron chi connectivity index (χ1n) is 7.87. The highest BCUT2D eigenvalue weighted by Crippen LogP contribution is 2.44. The molecule has 0 aliphatic carbocycles. The van der Waals surface area contributed by atoms with Crippen molar-refractivity contribution in [3.63, 3.8) is 0 Å². The molecular formula is C16H26O8. The molecule has 138 valence electrons. The summed E-state index contributed by atoms with van der Waals surface area (Å²) in [6.45, 7) is 8.21. The fraction of sp³-hybridized carbons (Fsp3) is 0.750. The number of carbonyl (C=O) groups excluding carboxylic acids is 4. The van der Waals surface area contributed by atoms with Crippen molar-refractivity contribution < 1.29 is 38.1 Å². The lowest BCUT2D eigenvalue weighted by atomic mass is 9.65. The van der Waals surface area contributed by atoms with Crippen LogP contribution in [0.15, 0.2) is 0 Å². The summed E-state index contributed by atoms with van der Waals surface area (Å²) in [5.74, 6) is -4.25. The molecule has 8 nitrogen and oxygen atoms in total. The molecule has 0 heterocycles. The summed E-state index contributed by atoms with van der Waals surface area (Å²) < 4.78 is 19.7. The van der Waals surface area contributed by atoms with Crippen molar-refractivity contribution in [2.75, 3.05) is 26.4 Å². The molecule has 0 rings (SSSR count). The molecule has 8 heteroatoms. The summed E-state index contributed by atoms with van der Waals surface area (Å²) in [6, 6.07) is 0. The van der Waals surface area contributed by atoms with E-state index in [4.69, 9.17) is 18.9 Å². The van der Waals surface area contributed by atoms with Crippen LogP contribution in [0.25, 0.3) is 0 Å². The van der Waals surface area contributed by atoms with Crippen LogP contribution in [0.5, 0.6) is 0 Å². The Morgan fingerprint density at radius 3 is 0.833 bits per heavy atom. The third kappa shape index (κ3) is 3.85. The lowest BCUT2D eigenvalue weighted by Crippen LogP contribution is -2.60. The lowest BCUT2D eigenvalue weighted by Gasteiger charge is -2.37. The molecule has 0 atom stereocenters. The average molecular weight is 346 g/mol. The Morgan fingerprint density at radius 2 is 0.708 bits per heavy atom. The first kappa shape index (κ1) is 21.9. The Labute approximate surface area is 141 Å². The minimum atomic E-state index is -2.25. The SMILES string of the molecule is CCOC(=O)C(C)(C(=O)OCC)C(C)(C(=O)OCC)C(=O)OCC. The maximum Gasteiger partial charge on any atom is 0.325 e. The van der Waals surface area contributed by atoms with Gasteiger partial charge in [0, 0.05) is 0 Å². The minimum Gasteiger partial charge on any atom is -0.465 e. The van der Waals surface area contributed by atoms with E-state index in [2.05, 4.69) is 0 Å². The van der Waals surface area contributed by atoms with Crippen molar-refractivity contribution in [1.29, 1.82) is 0 Å². The second-order valence-electron chi connectivity index (χ2n) is 5.13. The minimum absolute atomic E-state index is 0.0461. The number of hydrogen-bond donors (Lipinski definition) is 0. The molecule has 0 saturated heterocycles. The second-order valence-corrected chi connectivity index (χ2v) is 5.13. The summed E-state index contributed by atoms with van der Waals surface area (Å²) in [5, 5.41) is 0. The van der Waals surface area contributed by atoms with E-state index in [9.17, 15) is 19.2 Å². The van der Waals surface area contributed by atoms with Crippen LogP contribution in [0.4, 0.5) is 0 Å². The third-order valence-corrected chi connectivity index (χ3v) is 3.73. The zero-order chi connectivity index (χ0) is 19.0. The average Bonchev–Trinajstić information content (AvgIpc) is 2.53. The fourth-order valence-electron chi connectivity index (χ4n) is 2.08. The molecule has 0 N–H and O–H groups in total. The molecule has 0 spiro atoms. The summed E-state index contributed by atoms with van der Waals surface area (Å²) in [7, 11) is 0. The van der Waals surface area contributed by atoms with E-state index in [0.717, 1.165) is 13.8 Å².